The van der Waals surface area contributed by atoms with Crippen molar-refractivity contribution in [3.05, 3.63) is 35.6 Å². The van der Waals surface area contributed by atoms with Gasteiger partial charge in [0.15, 0.2) is 5.60 Å². The zero-order chi connectivity index (χ0) is 29.9. The molecule has 0 aliphatic carbocycles. The van der Waals surface area contributed by atoms with Gasteiger partial charge >= 0.3 is 23.9 Å². The quantitative estimate of drug-likeness (QED) is 0.272. The van der Waals surface area contributed by atoms with Crippen LogP contribution in [0, 0.1) is 11.2 Å². The molecule has 1 fully saturated rings. The van der Waals surface area contributed by atoms with E-state index in [1.807, 2.05) is 6.92 Å². The van der Waals surface area contributed by atoms with Gasteiger partial charge in [-0.25, -0.2) is 9.18 Å². The van der Waals surface area contributed by atoms with Crippen LogP contribution in [0.2, 0.25) is 0 Å². The first-order chi connectivity index (χ1) is 18.9. The lowest BCUT2D eigenvalue weighted by Crippen LogP contribution is -2.47. The van der Waals surface area contributed by atoms with E-state index in [9.17, 15) is 23.6 Å². The van der Waals surface area contributed by atoms with Crippen LogP contribution in [-0.2, 0) is 28.8 Å². The lowest BCUT2D eigenvalue weighted by molar-refractivity contribution is -0.170. The molecule has 0 saturated carbocycles. The number of ether oxygens (including phenoxy) is 1. The predicted molar refractivity (Wildman–Crippen MR) is 139 cm³/mol. The number of aliphatic hydroxyl groups is 1. The maximum Gasteiger partial charge on any atom is 0.336 e. The Kier molecular flexibility index (Phi) is 12.0. The summed E-state index contributed by atoms with van der Waals surface area (Å²) in [6.07, 6.45) is 1.21. The summed E-state index contributed by atoms with van der Waals surface area (Å²) in [5.74, 6) is -5.45. The average molecular weight is 569 g/mol. The fourth-order valence-electron chi connectivity index (χ4n) is 4.84. The monoisotopic (exact) mass is 568 g/mol. The molecule has 1 saturated heterocycles. The van der Waals surface area contributed by atoms with Crippen molar-refractivity contribution in [2.75, 3.05) is 26.2 Å². The second kappa shape index (κ2) is 14.7. The molecule has 40 heavy (non-hydrogen) atoms. The Balaban J connectivity index is 0.000000366. The number of carboxylic acids is 3. The molecule has 1 aromatic rings. The lowest BCUT2D eigenvalue weighted by Gasteiger charge is -2.40. The van der Waals surface area contributed by atoms with Crippen molar-refractivity contribution in [2.24, 2.45) is 10.6 Å². The standard InChI is InChI=1S/C21H29FN2O3.C6H8O7/c1-3-11-24-12-9-21(10-13-24,20(25)26-4-2)15-16-14-19(23-27-16)17-7-5-6-8-18(17)22;7-3(8)1-6(13,5(11)12)2-4(9)10/h5-8,16H,3-4,9-15H2,1-2H3;13H,1-2H2,(H,7,8)(H,9,10)(H,11,12). The number of carbonyl (C=O) groups excluding carboxylic acids is 1. The van der Waals surface area contributed by atoms with Crippen LogP contribution < -0.4 is 0 Å². The lowest BCUT2D eigenvalue weighted by atomic mass is 9.73. The second-order valence-corrected chi connectivity index (χ2v) is 9.97. The van der Waals surface area contributed by atoms with Crippen molar-refractivity contribution in [2.45, 2.75) is 70.5 Å². The van der Waals surface area contributed by atoms with E-state index < -0.39 is 41.8 Å². The number of nitrogens with zero attached hydrogens (tertiary/aromatic N) is 2. The topological polar surface area (TPSA) is 183 Å². The number of likely N-dealkylation sites (tertiary alicyclic amines) is 1. The first-order valence-corrected chi connectivity index (χ1v) is 13.1. The minimum absolute atomic E-state index is 0.135. The molecule has 3 rings (SSSR count). The van der Waals surface area contributed by atoms with Crippen LogP contribution in [0.25, 0.3) is 0 Å². The van der Waals surface area contributed by atoms with Crippen LogP contribution >= 0.6 is 0 Å². The van der Waals surface area contributed by atoms with E-state index in [2.05, 4.69) is 17.0 Å². The number of aliphatic carboxylic acids is 3. The Morgan fingerprint density at radius 3 is 2.20 bits per heavy atom. The molecular formula is C27H37FN2O10. The third-order valence-corrected chi connectivity index (χ3v) is 6.88. The molecule has 2 aliphatic rings. The van der Waals surface area contributed by atoms with E-state index in [-0.39, 0.29) is 17.9 Å². The Labute approximate surface area is 231 Å². The summed E-state index contributed by atoms with van der Waals surface area (Å²) in [6, 6.07) is 6.59. The molecule has 222 valence electrons. The maximum atomic E-state index is 14.0. The normalized spacial score (nSPS) is 18.5. The molecule has 1 unspecified atom stereocenters. The number of piperidine rings is 1. The summed E-state index contributed by atoms with van der Waals surface area (Å²) in [5, 5.41) is 37.9. The van der Waals surface area contributed by atoms with E-state index in [0.717, 1.165) is 38.9 Å². The number of carboxylic acid groups (broad SMARTS) is 3. The van der Waals surface area contributed by atoms with Gasteiger partial charge in [0, 0.05) is 18.4 Å². The molecule has 1 atom stereocenters. The number of rotatable bonds is 12. The molecule has 4 N–H and O–H groups in total. The van der Waals surface area contributed by atoms with Crippen molar-refractivity contribution < 1.29 is 53.6 Å². The minimum Gasteiger partial charge on any atom is -0.481 e. The fourth-order valence-corrected chi connectivity index (χ4v) is 4.84. The van der Waals surface area contributed by atoms with Crippen molar-refractivity contribution in [1.29, 1.82) is 0 Å². The van der Waals surface area contributed by atoms with Gasteiger partial charge in [0.25, 0.3) is 0 Å². The molecule has 0 aromatic heterocycles. The molecule has 0 bridgehead atoms. The first-order valence-electron chi connectivity index (χ1n) is 13.1. The van der Waals surface area contributed by atoms with Crippen LogP contribution in [0.3, 0.4) is 0 Å². The summed E-state index contributed by atoms with van der Waals surface area (Å²) in [7, 11) is 0. The zero-order valence-electron chi connectivity index (χ0n) is 22.7. The van der Waals surface area contributed by atoms with Gasteiger partial charge in [0.2, 0.25) is 0 Å². The molecule has 2 heterocycles. The van der Waals surface area contributed by atoms with Gasteiger partial charge in [0.1, 0.15) is 11.9 Å². The van der Waals surface area contributed by atoms with Crippen LogP contribution in [0.15, 0.2) is 29.4 Å². The molecule has 0 radical (unpaired) electrons. The van der Waals surface area contributed by atoms with Gasteiger partial charge in [-0.1, -0.05) is 30.3 Å². The van der Waals surface area contributed by atoms with Crippen molar-refractivity contribution in [3.63, 3.8) is 0 Å². The Hall–Kier alpha value is -3.58. The van der Waals surface area contributed by atoms with Crippen LogP contribution in [0.5, 0.6) is 0 Å². The average Bonchev–Trinajstić information content (AvgIpc) is 3.33. The molecule has 13 heteroatoms. The van der Waals surface area contributed by atoms with Gasteiger partial charge in [-0.2, -0.15) is 0 Å². The van der Waals surface area contributed by atoms with Gasteiger partial charge < -0.3 is 34.9 Å². The first kappa shape index (κ1) is 32.6. The van der Waals surface area contributed by atoms with E-state index >= 15 is 0 Å². The number of benzene rings is 1. The molecular weight excluding hydrogens is 531 g/mol. The van der Waals surface area contributed by atoms with E-state index in [1.165, 1.54) is 6.07 Å². The summed E-state index contributed by atoms with van der Waals surface area (Å²) in [4.78, 5) is 51.3. The van der Waals surface area contributed by atoms with Gasteiger partial charge in [-0.15, -0.1) is 0 Å². The highest BCUT2D eigenvalue weighted by molar-refractivity contribution is 6.01. The van der Waals surface area contributed by atoms with Crippen molar-refractivity contribution >= 4 is 29.6 Å². The highest BCUT2D eigenvalue weighted by Crippen LogP contribution is 2.40. The van der Waals surface area contributed by atoms with Gasteiger partial charge in [-0.05, 0) is 51.9 Å². The molecule has 0 spiro atoms. The van der Waals surface area contributed by atoms with E-state index in [4.69, 9.17) is 30.0 Å². The molecule has 2 aliphatic heterocycles. The number of halogens is 1. The predicted octanol–water partition coefficient (Wildman–Crippen LogP) is 2.52. The molecule has 0 amide bonds. The van der Waals surface area contributed by atoms with Gasteiger partial charge in [0.05, 0.1) is 30.6 Å². The third-order valence-electron chi connectivity index (χ3n) is 6.88. The Bertz CT molecular complexity index is 1070. The summed E-state index contributed by atoms with van der Waals surface area (Å²) in [5.41, 5.74) is -2.19. The number of oxime groups is 1. The number of carbonyl (C=O) groups is 4. The third kappa shape index (κ3) is 8.98. The van der Waals surface area contributed by atoms with Crippen molar-refractivity contribution in [3.8, 4) is 0 Å². The minimum atomic E-state index is -2.74. The smallest absolute Gasteiger partial charge is 0.336 e. The highest BCUT2D eigenvalue weighted by Gasteiger charge is 2.46. The zero-order valence-corrected chi connectivity index (χ0v) is 22.7. The van der Waals surface area contributed by atoms with Crippen molar-refractivity contribution in [1.82, 2.24) is 4.90 Å². The number of hydrogen-bond donors (Lipinski definition) is 4. The Morgan fingerprint density at radius 2 is 1.70 bits per heavy atom. The van der Waals surface area contributed by atoms with E-state index in [1.54, 1.807) is 18.2 Å². The van der Waals surface area contributed by atoms with E-state index in [0.29, 0.717) is 30.7 Å². The Morgan fingerprint density at radius 1 is 1.10 bits per heavy atom. The maximum absolute atomic E-state index is 14.0. The van der Waals surface area contributed by atoms with Crippen LogP contribution in [0.4, 0.5) is 4.39 Å². The largest absolute Gasteiger partial charge is 0.481 e. The fraction of sp³-hybridized carbons (Fsp3) is 0.593. The molecule has 12 nitrogen and oxygen atoms in total. The number of esters is 1. The number of hydrogen-bond acceptors (Lipinski definition) is 9. The van der Waals surface area contributed by atoms with Gasteiger partial charge in [-0.3, -0.25) is 14.4 Å². The second-order valence-electron chi connectivity index (χ2n) is 9.97. The summed E-state index contributed by atoms with van der Waals surface area (Å²) < 4.78 is 19.4. The summed E-state index contributed by atoms with van der Waals surface area (Å²) >= 11 is 0. The van der Waals surface area contributed by atoms with Crippen LogP contribution in [0.1, 0.15) is 64.4 Å². The summed E-state index contributed by atoms with van der Waals surface area (Å²) in [6.45, 7) is 7.21. The SMILES string of the molecule is CCCN1CCC(CC2CC(c3ccccc3F)=NO2)(C(=O)OCC)CC1.O=C(O)CC(O)(CC(=O)O)C(=O)O. The molecule has 1 aromatic carbocycles. The highest BCUT2D eigenvalue weighted by atomic mass is 19.1. The van der Waals surface area contributed by atoms with Crippen LogP contribution in [-0.4, -0.2) is 92.9 Å².